The molecule has 6 nitrogen and oxygen atoms in total. The molecule has 1 amide bonds. The van der Waals surface area contributed by atoms with E-state index in [2.05, 4.69) is 20.4 Å². The first-order valence-corrected chi connectivity index (χ1v) is 13.0. The molecule has 1 saturated carbocycles. The van der Waals surface area contributed by atoms with Gasteiger partial charge in [0, 0.05) is 25.3 Å². The topological polar surface area (TPSA) is 97.5 Å². The predicted octanol–water partition coefficient (Wildman–Crippen LogP) is 4.00. The molecule has 3 fully saturated rings. The summed E-state index contributed by atoms with van der Waals surface area (Å²) in [4.78, 5) is 54.0. The molecule has 2 aliphatic heterocycles. The summed E-state index contributed by atoms with van der Waals surface area (Å²) in [6.07, 6.45) is 10.6. The molecular weight excluding hydrogens is 416 g/mol. The van der Waals surface area contributed by atoms with Gasteiger partial charge in [-0.1, -0.05) is 64.9 Å². The highest BCUT2D eigenvalue weighted by Gasteiger charge is 2.69. The maximum atomic E-state index is 13.6. The molecule has 184 valence electrons. The van der Waals surface area contributed by atoms with Gasteiger partial charge in [0.2, 0.25) is 11.7 Å². The van der Waals surface area contributed by atoms with Crippen LogP contribution in [-0.2, 0) is 19.2 Å². The Morgan fingerprint density at radius 1 is 1.06 bits per heavy atom. The lowest BCUT2D eigenvalue weighted by Gasteiger charge is -2.32. The molecule has 2 saturated heterocycles. The molecule has 33 heavy (non-hydrogen) atoms. The molecule has 3 rings (SSSR count). The number of Topliss-reactive ketones (excluding diaryl/α,β-unsaturated/α-hetero) is 3. The van der Waals surface area contributed by atoms with Crippen LogP contribution < -0.4 is 5.73 Å². The van der Waals surface area contributed by atoms with E-state index < -0.39 is 29.6 Å². The standard InChI is InChI=1S/C27H42N2O4/c1-4-5-15-21(30)25(32)18-13-11-9-7-6-8-10-12-14-20(28)26(33)29-17-19-23(27(19,2)3)24(29)22(31)16-18/h4,18-20,23-24H,1,5-17,28H2,2-3H3/t18-,19+,20+,23+,24-/m1/s1. The highest BCUT2D eigenvalue weighted by atomic mass is 16.2. The number of amides is 1. The van der Waals surface area contributed by atoms with Crippen LogP contribution >= 0.6 is 0 Å². The summed E-state index contributed by atoms with van der Waals surface area (Å²) in [7, 11) is 0. The monoisotopic (exact) mass is 458 g/mol. The molecular formula is C27H42N2O4. The SMILES string of the molecule is C=CCCC(=O)C(=O)[C@@H]1CCCCCCCCC[C@H](N)C(=O)N2C[C@H]3[C@@H]([C@H]2C(=O)C1)C3(C)C. The van der Waals surface area contributed by atoms with Gasteiger partial charge in [-0.3, -0.25) is 19.2 Å². The summed E-state index contributed by atoms with van der Waals surface area (Å²) >= 11 is 0. The molecule has 0 spiro atoms. The summed E-state index contributed by atoms with van der Waals surface area (Å²) < 4.78 is 0. The molecule has 3 aliphatic rings. The summed E-state index contributed by atoms with van der Waals surface area (Å²) in [5.41, 5.74) is 6.28. The summed E-state index contributed by atoms with van der Waals surface area (Å²) in [6.45, 7) is 8.50. The third-order valence-corrected chi connectivity index (χ3v) is 8.38. The number of hydrogen-bond acceptors (Lipinski definition) is 5. The second kappa shape index (κ2) is 11.1. The highest BCUT2D eigenvalue weighted by molar-refractivity contribution is 6.38. The largest absolute Gasteiger partial charge is 0.331 e. The third kappa shape index (κ3) is 5.82. The van der Waals surface area contributed by atoms with Crippen LogP contribution in [0.1, 0.15) is 90.9 Å². The Kier molecular flexibility index (Phi) is 8.65. The molecule has 0 radical (unpaired) electrons. The molecule has 2 N–H and O–H groups in total. The Hall–Kier alpha value is -1.82. The van der Waals surface area contributed by atoms with Gasteiger partial charge >= 0.3 is 0 Å². The van der Waals surface area contributed by atoms with E-state index in [0.29, 0.717) is 31.7 Å². The summed E-state index contributed by atoms with van der Waals surface area (Å²) in [5, 5.41) is 0. The molecule has 0 aromatic heterocycles. The normalized spacial score (nSPS) is 33.2. The fourth-order valence-electron chi connectivity index (χ4n) is 6.13. The highest BCUT2D eigenvalue weighted by Crippen LogP contribution is 2.65. The Bertz CT molecular complexity index is 774. The van der Waals surface area contributed by atoms with Crippen molar-refractivity contribution in [2.75, 3.05) is 6.54 Å². The van der Waals surface area contributed by atoms with Crippen LogP contribution in [0.25, 0.3) is 0 Å². The average molecular weight is 459 g/mol. The van der Waals surface area contributed by atoms with E-state index in [9.17, 15) is 19.2 Å². The van der Waals surface area contributed by atoms with Crippen LogP contribution in [0.4, 0.5) is 0 Å². The number of rotatable bonds is 5. The van der Waals surface area contributed by atoms with Crippen LogP contribution in [0.5, 0.6) is 0 Å². The van der Waals surface area contributed by atoms with Gasteiger partial charge in [0.25, 0.3) is 0 Å². The van der Waals surface area contributed by atoms with Crippen LogP contribution in [0, 0.1) is 23.2 Å². The fraction of sp³-hybridized carbons (Fsp3) is 0.778. The summed E-state index contributed by atoms with van der Waals surface area (Å²) in [6, 6.07) is -1.10. The van der Waals surface area contributed by atoms with E-state index in [0.717, 1.165) is 44.9 Å². The van der Waals surface area contributed by atoms with Gasteiger partial charge in [0.05, 0.1) is 12.1 Å². The average Bonchev–Trinajstić information content (AvgIpc) is 3.12. The molecule has 0 unspecified atom stereocenters. The Balaban J connectivity index is 1.80. The van der Waals surface area contributed by atoms with E-state index in [1.54, 1.807) is 11.0 Å². The second-order valence-electron chi connectivity index (χ2n) is 11.0. The number of fused-ring (bicyclic) bond motifs is 3. The van der Waals surface area contributed by atoms with E-state index >= 15 is 0 Å². The van der Waals surface area contributed by atoms with Crippen molar-refractivity contribution in [1.29, 1.82) is 0 Å². The lowest BCUT2D eigenvalue weighted by Crippen LogP contribution is -2.52. The van der Waals surface area contributed by atoms with E-state index in [4.69, 9.17) is 5.73 Å². The van der Waals surface area contributed by atoms with Crippen LogP contribution in [0.2, 0.25) is 0 Å². The Morgan fingerprint density at radius 2 is 1.67 bits per heavy atom. The van der Waals surface area contributed by atoms with Crippen LogP contribution in [0.15, 0.2) is 12.7 Å². The van der Waals surface area contributed by atoms with Gasteiger partial charge < -0.3 is 10.6 Å². The van der Waals surface area contributed by atoms with Crippen molar-refractivity contribution in [1.82, 2.24) is 4.90 Å². The minimum absolute atomic E-state index is 0.0152. The van der Waals surface area contributed by atoms with E-state index in [1.165, 1.54) is 0 Å². The first-order valence-electron chi connectivity index (χ1n) is 13.0. The van der Waals surface area contributed by atoms with Gasteiger partial charge in [-0.2, -0.15) is 0 Å². The summed E-state index contributed by atoms with van der Waals surface area (Å²) in [5.74, 6) is -1.21. The van der Waals surface area contributed by atoms with Gasteiger partial charge in [-0.05, 0) is 36.5 Å². The molecule has 5 atom stereocenters. The molecule has 0 aromatic carbocycles. The molecule has 0 bridgehead atoms. The molecule has 0 aromatic rings. The smallest absolute Gasteiger partial charge is 0.240 e. The zero-order chi connectivity index (χ0) is 24.2. The number of carbonyl (C=O) groups is 4. The Labute approximate surface area is 198 Å². The van der Waals surface area contributed by atoms with Crippen molar-refractivity contribution in [3.63, 3.8) is 0 Å². The van der Waals surface area contributed by atoms with Crippen LogP contribution in [-0.4, -0.2) is 46.8 Å². The quantitative estimate of drug-likeness (QED) is 0.496. The first-order chi connectivity index (χ1) is 15.7. The lowest BCUT2D eigenvalue weighted by atomic mass is 9.85. The van der Waals surface area contributed by atoms with Crippen molar-refractivity contribution in [2.24, 2.45) is 28.9 Å². The number of allylic oxidation sites excluding steroid dienone is 1. The van der Waals surface area contributed by atoms with Crippen molar-refractivity contribution >= 4 is 23.3 Å². The van der Waals surface area contributed by atoms with Crippen molar-refractivity contribution in [3.05, 3.63) is 12.7 Å². The molecule has 6 heteroatoms. The number of hydrogen-bond donors (Lipinski definition) is 1. The first kappa shape index (κ1) is 25.8. The van der Waals surface area contributed by atoms with Gasteiger partial charge in [0.1, 0.15) is 0 Å². The second-order valence-corrected chi connectivity index (χ2v) is 11.0. The van der Waals surface area contributed by atoms with Gasteiger partial charge in [-0.15, -0.1) is 6.58 Å². The number of ketones is 3. The maximum Gasteiger partial charge on any atom is 0.240 e. The van der Waals surface area contributed by atoms with Crippen LogP contribution in [0.3, 0.4) is 0 Å². The third-order valence-electron chi connectivity index (χ3n) is 8.38. The maximum absolute atomic E-state index is 13.6. The van der Waals surface area contributed by atoms with Crippen molar-refractivity contribution in [3.8, 4) is 0 Å². The minimum Gasteiger partial charge on any atom is -0.331 e. The van der Waals surface area contributed by atoms with Gasteiger partial charge in [-0.25, -0.2) is 0 Å². The van der Waals surface area contributed by atoms with Crippen molar-refractivity contribution in [2.45, 2.75) is 103 Å². The number of nitrogens with two attached hydrogens (primary N) is 1. The van der Waals surface area contributed by atoms with Crippen molar-refractivity contribution < 1.29 is 19.2 Å². The number of piperidine rings is 1. The Morgan fingerprint density at radius 3 is 2.30 bits per heavy atom. The van der Waals surface area contributed by atoms with E-state index in [1.807, 2.05) is 0 Å². The minimum atomic E-state index is -0.589. The van der Waals surface area contributed by atoms with Gasteiger partial charge in [0.15, 0.2) is 11.6 Å². The predicted molar refractivity (Wildman–Crippen MR) is 128 cm³/mol. The number of carbonyl (C=O) groups excluding carboxylic acids is 4. The fourth-order valence-corrected chi connectivity index (χ4v) is 6.13. The lowest BCUT2D eigenvalue weighted by molar-refractivity contribution is -0.143. The van der Waals surface area contributed by atoms with E-state index in [-0.39, 0.29) is 35.9 Å². The molecule has 2 heterocycles. The zero-order valence-corrected chi connectivity index (χ0v) is 20.5. The zero-order valence-electron chi connectivity index (χ0n) is 20.5. The number of nitrogens with zero attached hydrogens (tertiary/aromatic N) is 1. The molecule has 1 aliphatic carbocycles.